The van der Waals surface area contributed by atoms with Gasteiger partial charge in [0.05, 0.1) is 0 Å². The molecule has 6 nitrogen and oxygen atoms in total. The Kier molecular flexibility index (Phi) is 5.86. The van der Waals surface area contributed by atoms with E-state index in [0.29, 0.717) is 36.3 Å². The van der Waals surface area contributed by atoms with Crippen LogP contribution in [-0.2, 0) is 16.1 Å². The van der Waals surface area contributed by atoms with Crippen molar-refractivity contribution in [2.24, 2.45) is 0 Å². The summed E-state index contributed by atoms with van der Waals surface area (Å²) in [7, 11) is 0. The third-order valence-electron chi connectivity index (χ3n) is 4.46. The number of rotatable bonds is 6. The monoisotopic (exact) mass is 365 g/mol. The first-order valence-corrected chi connectivity index (χ1v) is 9.13. The fraction of sp³-hybridized carbons (Fsp3) is 0.286. The molecule has 1 aliphatic heterocycles. The second-order valence-corrected chi connectivity index (χ2v) is 6.56. The van der Waals surface area contributed by atoms with E-state index in [-0.39, 0.29) is 17.7 Å². The second kappa shape index (κ2) is 8.49. The van der Waals surface area contributed by atoms with Gasteiger partial charge in [0.2, 0.25) is 11.8 Å². The molecule has 0 spiro atoms. The Morgan fingerprint density at radius 3 is 2.48 bits per heavy atom. The average Bonchev–Trinajstić information content (AvgIpc) is 3.06. The molecule has 0 radical (unpaired) electrons. The van der Waals surface area contributed by atoms with Gasteiger partial charge in [0.15, 0.2) is 0 Å². The maximum absolute atomic E-state index is 12.5. The molecule has 6 heteroatoms. The standard InChI is InChI=1S/C21H23N3O3/c1-2-19(25)22-18-9-4-7-16(13-18)21(27)23-17-8-3-6-15(12-17)14-24-11-5-10-20(24)26/h3-4,6-9,12-13H,2,5,10-11,14H2,1H3,(H,22,25)(H,23,27). The SMILES string of the molecule is CCC(=O)Nc1cccc(C(=O)Nc2cccc(CN3CCCC3=O)c2)c1. The van der Waals surface area contributed by atoms with Crippen LogP contribution in [0.4, 0.5) is 11.4 Å². The molecule has 3 rings (SSSR count). The van der Waals surface area contributed by atoms with Crippen molar-refractivity contribution in [1.29, 1.82) is 0 Å². The summed E-state index contributed by atoms with van der Waals surface area (Å²) in [6, 6.07) is 14.3. The number of carbonyl (C=O) groups excluding carboxylic acids is 3. The summed E-state index contributed by atoms with van der Waals surface area (Å²) in [6.07, 6.45) is 1.89. The average molecular weight is 365 g/mol. The molecule has 1 saturated heterocycles. The summed E-state index contributed by atoms with van der Waals surface area (Å²) < 4.78 is 0. The molecule has 2 N–H and O–H groups in total. The van der Waals surface area contributed by atoms with Gasteiger partial charge in [-0.15, -0.1) is 0 Å². The number of hydrogen-bond acceptors (Lipinski definition) is 3. The molecule has 27 heavy (non-hydrogen) atoms. The highest BCUT2D eigenvalue weighted by atomic mass is 16.2. The number of hydrogen-bond donors (Lipinski definition) is 2. The van der Waals surface area contributed by atoms with E-state index in [4.69, 9.17) is 0 Å². The summed E-state index contributed by atoms with van der Waals surface area (Å²) in [6.45, 7) is 3.11. The van der Waals surface area contributed by atoms with Crippen molar-refractivity contribution in [2.45, 2.75) is 32.7 Å². The minimum atomic E-state index is -0.253. The molecule has 0 atom stereocenters. The van der Waals surface area contributed by atoms with Crippen molar-refractivity contribution in [3.63, 3.8) is 0 Å². The highest BCUT2D eigenvalue weighted by molar-refractivity contribution is 6.05. The second-order valence-electron chi connectivity index (χ2n) is 6.56. The first-order valence-electron chi connectivity index (χ1n) is 9.13. The van der Waals surface area contributed by atoms with Crippen molar-refractivity contribution in [3.8, 4) is 0 Å². The number of amides is 3. The molecule has 2 aromatic carbocycles. The van der Waals surface area contributed by atoms with Crippen molar-refractivity contribution < 1.29 is 14.4 Å². The lowest BCUT2D eigenvalue weighted by molar-refractivity contribution is -0.128. The Morgan fingerprint density at radius 2 is 1.78 bits per heavy atom. The number of anilines is 2. The lowest BCUT2D eigenvalue weighted by Gasteiger charge is -2.16. The van der Waals surface area contributed by atoms with Gasteiger partial charge in [-0.3, -0.25) is 14.4 Å². The van der Waals surface area contributed by atoms with Gasteiger partial charge in [-0.05, 0) is 42.3 Å². The predicted molar refractivity (Wildman–Crippen MR) is 104 cm³/mol. The fourth-order valence-electron chi connectivity index (χ4n) is 3.03. The first kappa shape index (κ1) is 18.6. The molecule has 1 fully saturated rings. The molecule has 0 saturated carbocycles. The molecule has 2 aromatic rings. The van der Waals surface area contributed by atoms with Gasteiger partial charge in [0.25, 0.3) is 5.91 Å². The molecule has 140 valence electrons. The summed E-state index contributed by atoms with van der Waals surface area (Å²) in [5.41, 5.74) is 2.71. The van der Waals surface area contributed by atoms with E-state index in [1.807, 2.05) is 29.2 Å². The molecule has 1 heterocycles. The van der Waals surface area contributed by atoms with Crippen LogP contribution < -0.4 is 10.6 Å². The van der Waals surface area contributed by atoms with Gasteiger partial charge in [-0.25, -0.2) is 0 Å². The Balaban J connectivity index is 1.67. The van der Waals surface area contributed by atoms with E-state index in [9.17, 15) is 14.4 Å². The quantitative estimate of drug-likeness (QED) is 0.823. The first-order chi connectivity index (χ1) is 13.0. The smallest absolute Gasteiger partial charge is 0.255 e. The zero-order valence-electron chi connectivity index (χ0n) is 15.3. The van der Waals surface area contributed by atoms with E-state index in [1.54, 1.807) is 31.2 Å². The third-order valence-corrected chi connectivity index (χ3v) is 4.46. The van der Waals surface area contributed by atoms with Crippen LogP contribution in [0.1, 0.15) is 42.1 Å². The van der Waals surface area contributed by atoms with Gasteiger partial charge in [-0.2, -0.15) is 0 Å². The molecule has 0 bridgehead atoms. The summed E-state index contributed by atoms with van der Waals surface area (Å²) in [5.74, 6) is -0.177. The lowest BCUT2D eigenvalue weighted by atomic mass is 10.1. The molecule has 1 aliphatic rings. The molecule has 0 aromatic heterocycles. The maximum atomic E-state index is 12.5. The molecule has 3 amide bonds. The molecule has 0 unspecified atom stereocenters. The van der Waals surface area contributed by atoms with E-state index in [1.165, 1.54) is 0 Å². The summed E-state index contributed by atoms with van der Waals surface area (Å²) in [4.78, 5) is 37.7. The minimum Gasteiger partial charge on any atom is -0.338 e. The van der Waals surface area contributed by atoms with E-state index < -0.39 is 0 Å². The minimum absolute atomic E-state index is 0.100. The van der Waals surface area contributed by atoms with Crippen molar-refractivity contribution in [1.82, 2.24) is 4.90 Å². The topological polar surface area (TPSA) is 78.5 Å². The summed E-state index contributed by atoms with van der Waals surface area (Å²) in [5, 5.41) is 5.62. The highest BCUT2D eigenvalue weighted by Crippen LogP contribution is 2.18. The van der Waals surface area contributed by atoms with Crippen LogP contribution >= 0.6 is 0 Å². The molecule has 0 aliphatic carbocycles. The van der Waals surface area contributed by atoms with Crippen LogP contribution in [0.2, 0.25) is 0 Å². The predicted octanol–water partition coefficient (Wildman–Crippen LogP) is 3.41. The zero-order valence-corrected chi connectivity index (χ0v) is 15.3. The van der Waals surface area contributed by atoms with Crippen LogP contribution in [0.25, 0.3) is 0 Å². The zero-order chi connectivity index (χ0) is 19.2. The van der Waals surface area contributed by atoms with E-state index in [0.717, 1.165) is 18.5 Å². The number of likely N-dealkylation sites (tertiary alicyclic amines) is 1. The number of carbonyl (C=O) groups is 3. The molecular formula is C21H23N3O3. The van der Waals surface area contributed by atoms with E-state index >= 15 is 0 Å². The van der Waals surface area contributed by atoms with Gasteiger partial charge >= 0.3 is 0 Å². The highest BCUT2D eigenvalue weighted by Gasteiger charge is 2.20. The van der Waals surface area contributed by atoms with Crippen LogP contribution in [0.3, 0.4) is 0 Å². The van der Waals surface area contributed by atoms with Gasteiger partial charge in [0, 0.05) is 42.9 Å². The van der Waals surface area contributed by atoms with Crippen LogP contribution in [-0.4, -0.2) is 29.2 Å². The normalized spacial score (nSPS) is 13.5. The van der Waals surface area contributed by atoms with Crippen molar-refractivity contribution >= 4 is 29.1 Å². The Labute approximate surface area is 158 Å². The largest absolute Gasteiger partial charge is 0.338 e. The third kappa shape index (κ3) is 4.94. The maximum Gasteiger partial charge on any atom is 0.255 e. The lowest BCUT2D eigenvalue weighted by Crippen LogP contribution is -2.23. The fourth-order valence-corrected chi connectivity index (χ4v) is 3.03. The van der Waals surface area contributed by atoms with Crippen molar-refractivity contribution in [2.75, 3.05) is 17.2 Å². The van der Waals surface area contributed by atoms with Gasteiger partial charge in [0.1, 0.15) is 0 Å². The van der Waals surface area contributed by atoms with Crippen LogP contribution in [0, 0.1) is 0 Å². The van der Waals surface area contributed by atoms with Gasteiger partial charge < -0.3 is 15.5 Å². The van der Waals surface area contributed by atoms with Gasteiger partial charge in [-0.1, -0.05) is 25.1 Å². The molecular weight excluding hydrogens is 342 g/mol. The Hall–Kier alpha value is -3.15. The summed E-state index contributed by atoms with van der Waals surface area (Å²) >= 11 is 0. The number of benzene rings is 2. The Morgan fingerprint density at radius 1 is 1.04 bits per heavy atom. The van der Waals surface area contributed by atoms with Crippen LogP contribution in [0.5, 0.6) is 0 Å². The van der Waals surface area contributed by atoms with Crippen molar-refractivity contribution in [3.05, 3.63) is 59.7 Å². The van der Waals surface area contributed by atoms with Crippen LogP contribution in [0.15, 0.2) is 48.5 Å². The van der Waals surface area contributed by atoms with E-state index in [2.05, 4.69) is 10.6 Å². The Bertz CT molecular complexity index is 863. The number of nitrogens with one attached hydrogen (secondary N) is 2. The number of nitrogens with zero attached hydrogens (tertiary/aromatic N) is 1.